The molecule has 17 heavy (non-hydrogen) atoms. The Bertz CT molecular complexity index is 281. The lowest BCUT2D eigenvalue weighted by atomic mass is 9.97. The van der Waals surface area contributed by atoms with Crippen LogP contribution < -0.4 is 5.32 Å². The molecular formula is C13H23NO2S. The predicted molar refractivity (Wildman–Crippen MR) is 71.1 cm³/mol. The maximum Gasteiger partial charge on any atom is 0.222 e. The minimum atomic E-state index is -0.714. The van der Waals surface area contributed by atoms with Gasteiger partial charge in [0, 0.05) is 11.3 Å². The van der Waals surface area contributed by atoms with E-state index in [9.17, 15) is 9.90 Å². The minimum absolute atomic E-state index is 0.0168. The molecule has 1 aliphatic carbocycles. The molecule has 3 nitrogen and oxygen atoms in total. The van der Waals surface area contributed by atoms with E-state index in [1.807, 2.05) is 11.8 Å². The summed E-state index contributed by atoms with van der Waals surface area (Å²) in [4.78, 5) is 11.8. The first-order valence-corrected chi connectivity index (χ1v) is 7.63. The smallest absolute Gasteiger partial charge is 0.222 e. The van der Waals surface area contributed by atoms with Crippen LogP contribution in [0.3, 0.4) is 0 Å². The van der Waals surface area contributed by atoms with Crippen molar-refractivity contribution in [1.82, 2.24) is 5.32 Å². The van der Waals surface area contributed by atoms with E-state index in [1.54, 1.807) is 0 Å². The van der Waals surface area contributed by atoms with Gasteiger partial charge in [-0.3, -0.25) is 4.79 Å². The van der Waals surface area contributed by atoms with Crippen LogP contribution >= 0.6 is 11.8 Å². The van der Waals surface area contributed by atoms with Crippen molar-refractivity contribution < 1.29 is 9.90 Å². The van der Waals surface area contributed by atoms with Crippen LogP contribution in [0.4, 0.5) is 0 Å². The lowest BCUT2D eigenvalue weighted by Gasteiger charge is -2.25. The van der Waals surface area contributed by atoms with Gasteiger partial charge in [-0.25, -0.2) is 0 Å². The predicted octanol–water partition coefficient (Wildman–Crippen LogP) is 2.08. The van der Waals surface area contributed by atoms with E-state index in [2.05, 4.69) is 12.2 Å². The molecule has 1 saturated heterocycles. The Hall–Kier alpha value is -0.220. The Morgan fingerprint density at radius 1 is 1.29 bits per heavy atom. The first kappa shape index (κ1) is 13.2. The van der Waals surface area contributed by atoms with Crippen molar-refractivity contribution in [3.63, 3.8) is 0 Å². The number of rotatable bonds is 4. The maximum atomic E-state index is 11.8. The number of hydrogen-bond acceptors (Lipinski definition) is 3. The van der Waals surface area contributed by atoms with E-state index in [-0.39, 0.29) is 17.1 Å². The summed E-state index contributed by atoms with van der Waals surface area (Å²) in [5.41, 5.74) is -0.714. The molecule has 0 aromatic carbocycles. The highest BCUT2D eigenvalue weighted by Gasteiger charge is 2.34. The first-order chi connectivity index (χ1) is 8.02. The highest BCUT2D eigenvalue weighted by atomic mass is 32.2. The van der Waals surface area contributed by atoms with Crippen LogP contribution in [0, 0.1) is 0 Å². The summed E-state index contributed by atoms with van der Waals surface area (Å²) in [5, 5.41) is 13.1. The van der Waals surface area contributed by atoms with Gasteiger partial charge >= 0.3 is 0 Å². The largest absolute Gasteiger partial charge is 0.389 e. The summed E-state index contributed by atoms with van der Waals surface area (Å²) in [7, 11) is 0. The molecule has 0 bridgehead atoms. The third-order valence-electron chi connectivity index (χ3n) is 3.98. The summed E-state index contributed by atoms with van der Waals surface area (Å²) in [6.45, 7) is 2.96. The SMILES string of the molecule is CC1(CNC(=O)CC2(O)CCCC2)CCCS1. The second-order valence-electron chi connectivity index (χ2n) is 5.79. The number of thioether (sulfide) groups is 1. The van der Waals surface area contributed by atoms with Gasteiger partial charge in [0.2, 0.25) is 5.91 Å². The number of amides is 1. The number of carbonyl (C=O) groups is 1. The quantitative estimate of drug-likeness (QED) is 0.810. The molecule has 0 aromatic heterocycles. The molecule has 0 aromatic rings. The molecule has 1 saturated carbocycles. The van der Waals surface area contributed by atoms with Crippen molar-refractivity contribution >= 4 is 17.7 Å². The average molecular weight is 257 g/mol. The Morgan fingerprint density at radius 3 is 2.59 bits per heavy atom. The van der Waals surface area contributed by atoms with Gasteiger partial charge in [-0.2, -0.15) is 11.8 Å². The molecule has 2 N–H and O–H groups in total. The van der Waals surface area contributed by atoms with E-state index in [4.69, 9.17) is 0 Å². The van der Waals surface area contributed by atoms with E-state index in [0.29, 0.717) is 0 Å². The maximum absolute atomic E-state index is 11.8. The van der Waals surface area contributed by atoms with Crippen LogP contribution in [-0.2, 0) is 4.79 Å². The molecule has 0 radical (unpaired) electrons. The molecule has 1 heterocycles. The molecule has 1 amide bonds. The van der Waals surface area contributed by atoms with Crippen molar-refractivity contribution in [1.29, 1.82) is 0 Å². The van der Waals surface area contributed by atoms with Crippen LogP contribution in [0.2, 0.25) is 0 Å². The third kappa shape index (κ3) is 3.62. The topological polar surface area (TPSA) is 49.3 Å². The summed E-state index contributed by atoms with van der Waals surface area (Å²) < 4.78 is 0.216. The van der Waals surface area contributed by atoms with Crippen molar-refractivity contribution in [2.24, 2.45) is 0 Å². The van der Waals surface area contributed by atoms with Gasteiger partial charge in [0.25, 0.3) is 0 Å². The van der Waals surface area contributed by atoms with Crippen LogP contribution in [0.25, 0.3) is 0 Å². The Kier molecular flexibility index (Phi) is 4.03. The Balaban J connectivity index is 1.74. The molecule has 2 aliphatic rings. The number of aliphatic hydroxyl groups is 1. The fourth-order valence-corrected chi connectivity index (χ4v) is 4.08. The van der Waals surface area contributed by atoms with Crippen molar-refractivity contribution in [3.8, 4) is 0 Å². The lowest BCUT2D eigenvalue weighted by molar-refractivity contribution is -0.126. The molecular weight excluding hydrogens is 234 g/mol. The summed E-state index contributed by atoms with van der Waals surface area (Å²) >= 11 is 1.95. The van der Waals surface area contributed by atoms with Crippen molar-refractivity contribution in [3.05, 3.63) is 0 Å². The lowest BCUT2D eigenvalue weighted by Crippen LogP contribution is -2.40. The zero-order valence-corrected chi connectivity index (χ0v) is 11.4. The molecule has 1 unspecified atom stereocenters. The van der Waals surface area contributed by atoms with Crippen LogP contribution in [-0.4, -0.2) is 33.7 Å². The van der Waals surface area contributed by atoms with E-state index < -0.39 is 5.60 Å². The van der Waals surface area contributed by atoms with Crippen LogP contribution in [0.1, 0.15) is 51.9 Å². The number of hydrogen-bond donors (Lipinski definition) is 2. The Morgan fingerprint density at radius 2 is 2.00 bits per heavy atom. The minimum Gasteiger partial charge on any atom is -0.389 e. The normalized spacial score (nSPS) is 31.6. The highest BCUT2D eigenvalue weighted by molar-refractivity contribution is 8.00. The van der Waals surface area contributed by atoms with Crippen LogP contribution in [0.15, 0.2) is 0 Å². The monoisotopic (exact) mass is 257 g/mol. The standard InChI is InChI=1S/C13H23NO2S/c1-12(5-4-8-17-12)10-14-11(15)9-13(16)6-2-3-7-13/h16H,2-10H2,1H3,(H,14,15). The number of carbonyl (C=O) groups excluding carboxylic acids is 1. The van der Waals surface area contributed by atoms with Crippen molar-refractivity contribution in [2.45, 2.75) is 62.2 Å². The fraction of sp³-hybridized carbons (Fsp3) is 0.923. The highest BCUT2D eigenvalue weighted by Crippen LogP contribution is 2.37. The fourth-order valence-electron chi connectivity index (χ4n) is 2.83. The van der Waals surface area contributed by atoms with Gasteiger partial charge in [-0.05, 0) is 38.4 Å². The third-order valence-corrected chi connectivity index (χ3v) is 5.52. The summed E-state index contributed by atoms with van der Waals surface area (Å²) in [5.74, 6) is 1.22. The van der Waals surface area contributed by atoms with Gasteiger partial charge in [0.15, 0.2) is 0 Å². The summed E-state index contributed by atoms with van der Waals surface area (Å²) in [6, 6.07) is 0. The Labute approximate surface area is 108 Å². The molecule has 1 atom stereocenters. The van der Waals surface area contributed by atoms with Gasteiger partial charge < -0.3 is 10.4 Å². The molecule has 2 rings (SSSR count). The second-order valence-corrected chi connectivity index (χ2v) is 7.47. The molecule has 98 valence electrons. The molecule has 4 heteroatoms. The second kappa shape index (κ2) is 5.19. The van der Waals surface area contributed by atoms with Gasteiger partial charge in [0.05, 0.1) is 12.0 Å². The van der Waals surface area contributed by atoms with Crippen molar-refractivity contribution in [2.75, 3.05) is 12.3 Å². The van der Waals surface area contributed by atoms with E-state index in [1.165, 1.54) is 18.6 Å². The van der Waals surface area contributed by atoms with E-state index >= 15 is 0 Å². The molecule has 2 fully saturated rings. The molecule has 1 aliphatic heterocycles. The molecule has 0 spiro atoms. The van der Waals surface area contributed by atoms with Gasteiger partial charge in [-0.1, -0.05) is 12.8 Å². The average Bonchev–Trinajstić information content (AvgIpc) is 2.86. The zero-order valence-electron chi connectivity index (χ0n) is 10.6. The van der Waals surface area contributed by atoms with Gasteiger partial charge in [-0.15, -0.1) is 0 Å². The summed E-state index contributed by atoms with van der Waals surface area (Å²) in [6.07, 6.45) is 6.39. The van der Waals surface area contributed by atoms with Gasteiger partial charge in [0.1, 0.15) is 0 Å². The van der Waals surface area contributed by atoms with E-state index in [0.717, 1.165) is 32.2 Å². The zero-order chi connectivity index (χ0) is 12.4. The number of nitrogens with one attached hydrogen (secondary N) is 1. The van der Waals surface area contributed by atoms with Crippen LogP contribution in [0.5, 0.6) is 0 Å². The first-order valence-electron chi connectivity index (χ1n) is 6.65.